The fourth-order valence-electron chi connectivity index (χ4n) is 3.29. The molecule has 0 N–H and O–H groups in total. The zero-order valence-corrected chi connectivity index (χ0v) is 21.0. The zero-order chi connectivity index (χ0) is 24.2. The van der Waals surface area contributed by atoms with E-state index in [2.05, 4.69) is 0 Å². The number of ether oxygens (including phenoxy) is 2. The summed E-state index contributed by atoms with van der Waals surface area (Å²) in [7, 11) is 1.53. The van der Waals surface area contributed by atoms with Crippen LogP contribution in [0.5, 0.6) is 11.5 Å². The van der Waals surface area contributed by atoms with Crippen LogP contribution in [0.3, 0.4) is 0 Å². The number of thioether (sulfide) groups is 1. The van der Waals surface area contributed by atoms with Crippen molar-refractivity contribution in [2.45, 2.75) is 13.2 Å². The van der Waals surface area contributed by atoms with Gasteiger partial charge in [0, 0.05) is 26.2 Å². The third kappa shape index (κ3) is 5.36. The van der Waals surface area contributed by atoms with Gasteiger partial charge in [0.2, 0.25) is 0 Å². The number of halogens is 3. The van der Waals surface area contributed by atoms with Crippen LogP contribution in [-0.4, -0.2) is 23.2 Å². The van der Waals surface area contributed by atoms with Gasteiger partial charge >= 0.3 is 0 Å². The van der Waals surface area contributed by atoms with Gasteiger partial charge in [-0.1, -0.05) is 65.1 Å². The van der Waals surface area contributed by atoms with Gasteiger partial charge in [-0.15, -0.1) is 0 Å². The van der Waals surface area contributed by atoms with Crippen LogP contribution in [0.4, 0.5) is 4.79 Å². The highest BCUT2D eigenvalue weighted by atomic mass is 35.5. The summed E-state index contributed by atoms with van der Waals surface area (Å²) in [5.41, 5.74) is 2.06. The maximum atomic E-state index is 12.9. The molecule has 0 aromatic heterocycles. The highest BCUT2D eigenvalue weighted by Crippen LogP contribution is 2.37. The molecule has 0 spiro atoms. The molecule has 2 amide bonds. The SMILES string of the molecule is COc1cc(/C=C2/SC(=O)N(Cc3c(Cl)cccc3Cl)C2=O)ccc1OCc1ccccc1Cl. The van der Waals surface area contributed by atoms with E-state index in [1.54, 1.807) is 48.5 Å². The summed E-state index contributed by atoms with van der Waals surface area (Å²) in [6, 6.07) is 17.7. The van der Waals surface area contributed by atoms with Crippen LogP contribution in [0.15, 0.2) is 65.6 Å². The van der Waals surface area contributed by atoms with E-state index in [4.69, 9.17) is 44.3 Å². The van der Waals surface area contributed by atoms with Crippen LogP contribution in [-0.2, 0) is 17.9 Å². The van der Waals surface area contributed by atoms with Gasteiger partial charge in [0.1, 0.15) is 6.61 Å². The molecule has 0 radical (unpaired) electrons. The van der Waals surface area contributed by atoms with E-state index in [9.17, 15) is 9.59 Å². The van der Waals surface area contributed by atoms with Crippen LogP contribution in [0, 0.1) is 0 Å². The molecule has 1 aliphatic rings. The van der Waals surface area contributed by atoms with Crippen LogP contribution < -0.4 is 9.47 Å². The van der Waals surface area contributed by atoms with Gasteiger partial charge in [-0.25, -0.2) is 0 Å². The predicted molar refractivity (Wildman–Crippen MR) is 137 cm³/mol. The summed E-state index contributed by atoms with van der Waals surface area (Å²) < 4.78 is 11.3. The third-order valence-electron chi connectivity index (χ3n) is 5.08. The molecule has 3 aromatic rings. The number of imide groups is 1. The summed E-state index contributed by atoms with van der Waals surface area (Å²) in [5.74, 6) is 0.605. The zero-order valence-electron chi connectivity index (χ0n) is 17.9. The van der Waals surface area contributed by atoms with Crippen molar-refractivity contribution in [3.05, 3.63) is 97.3 Å². The van der Waals surface area contributed by atoms with Gasteiger partial charge in [0.15, 0.2) is 11.5 Å². The van der Waals surface area contributed by atoms with Crippen LogP contribution >= 0.6 is 46.6 Å². The Morgan fingerprint density at radius 1 is 0.912 bits per heavy atom. The van der Waals surface area contributed by atoms with Crippen molar-refractivity contribution in [1.82, 2.24) is 4.90 Å². The highest BCUT2D eigenvalue weighted by Gasteiger charge is 2.35. The second kappa shape index (κ2) is 10.7. The molecule has 0 saturated carbocycles. The Bertz CT molecular complexity index is 1270. The summed E-state index contributed by atoms with van der Waals surface area (Å²) in [6.07, 6.45) is 1.64. The topological polar surface area (TPSA) is 55.8 Å². The van der Waals surface area contributed by atoms with E-state index >= 15 is 0 Å². The number of nitrogens with zero attached hydrogens (tertiary/aromatic N) is 1. The molecule has 1 aliphatic heterocycles. The average Bonchev–Trinajstić information content (AvgIpc) is 3.08. The molecular formula is C25H18Cl3NO4S. The summed E-state index contributed by atoms with van der Waals surface area (Å²) in [5, 5.41) is 1.02. The van der Waals surface area contributed by atoms with E-state index in [0.717, 1.165) is 22.2 Å². The van der Waals surface area contributed by atoms with Crippen molar-refractivity contribution in [2.24, 2.45) is 0 Å². The number of rotatable bonds is 7. The van der Waals surface area contributed by atoms with Crippen molar-refractivity contribution >= 4 is 63.8 Å². The van der Waals surface area contributed by atoms with Gasteiger partial charge in [-0.05, 0) is 53.7 Å². The molecule has 9 heteroatoms. The highest BCUT2D eigenvalue weighted by molar-refractivity contribution is 8.18. The Labute approximate surface area is 216 Å². The molecule has 1 saturated heterocycles. The molecule has 1 fully saturated rings. The first kappa shape index (κ1) is 24.5. The number of carbonyl (C=O) groups is 2. The Kier molecular flexibility index (Phi) is 7.73. The maximum absolute atomic E-state index is 12.9. The summed E-state index contributed by atoms with van der Waals surface area (Å²) >= 11 is 19.5. The number of carbonyl (C=O) groups excluding carboxylic acids is 2. The second-order valence-electron chi connectivity index (χ2n) is 7.26. The van der Waals surface area contributed by atoms with Crippen LogP contribution in [0.25, 0.3) is 6.08 Å². The summed E-state index contributed by atoms with van der Waals surface area (Å²) in [4.78, 5) is 26.9. The largest absolute Gasteiger partial charge is 0.493 e. The van der Waals surface area contributed by atoms with Crippen molar-refractivity contribution in [3.8, 4) is 11.5 Å². The second-order valence-corrected chi connectivity index (χ2v) is 9.47. The minimum Gasteiger partial charge on any atom is -0.493 e. The first-order valence-electron chi connectivity index (χ1n) is 10.1. The van der Waals surface area contributed by atoms with Crippen LogP contribution in [0.2, 0.25) is 15.1 Å². The van der Waals surface area contributed by atoms with E-state index in [0.29, 0.717) is 42.6 Å². The molecular weight excluding hydrogens is 517 g/mol. The molecule has 34 heavy (non-hydrogen) atoms. The first-order valence-corrected chi connectivity index (χ1v) is 12.0. The lowest BCUT2D eigenvalue weighted by atomic mass is 10.1. The molecule has 5 nitrogen and oxygen atoms in total. The minimum absolute atomic E-state index is 0.00133. The van der Waals surface area contributed by atoms with E-state index < -0.39 is 5.91 Å². The first-order chi connectivity index (χ1) is 16.4. The molecule has 4 rings (SSSR count). The quantitative estimate of drug-likeness (QED) is 0.294. The van der Waals surface area contributed by atoms with Gasteiger partial charge < -0.3 is 9.47 Å². The molecule has 0 unspecified atom stereocenters. The monoisotopic (exact) mass is 533 g/mol. The maximum Gasteiger partial charge on any atom is 0.293 e. The van der Waals surface area contributed by atoms with E-state index in [1.165, 1.54) is 7.11 Å². The number of hydrogen-bond acceptors (Lipinski definition) is 5. The number of amides is 2. The van der Waals surface area contributed by atoms with Gasteiger partial charge in [0.25, 0.3) is 11.1 Å². The number of hydrogen-bond donors (Lipinski definition) is 0. The van der Waals surface area contributed by atoms with Gasteiger partial charge in [-0.3, -0.25) is 14.5 Å². The Morgan fingerprint density at radius 3 is 2.32 bits per heavy atom. The van der Waals surface area contributed by atoms with Crippen molar-refractivity contribution in [3.63, 3.8) is 0 Å². The fraction of sp³-hybridized carbons (Fsp3) is 0.120. The molecule has 174 valence electrons. The molecule has 0 aliphatic carbocycles. The molecule has 0 bridgehead atoms. The predicted octanol–water partition coefficient (Wildman–Crippen LogP) is 7.47. The smallest absolute Gasteiger partial charge is 0.293 e. The lowest BCUT2D eigenvalue weighted by Crippen LogP contribution is -2.27. The Balaban J connectivity index is 1.51. The third-order valence-corrected chi connectivity index (χ3v) is 7.06. The standard InChI is InChI=1S/C25H18Cl3NO4S/c1-32-22-11-15(9-10-21(22)33-14-16-5-2-3-6-18(16)26)12-23-24(30)29(25(31)34-23)13-17-19(27)7-4-8-20(17)28/h2-12H,13-14H2,1H3/b23-12+. The number of methoxy groups -OCH3 is 1. The lowest BCUT2D eigenvalue weighted by Gasteiger charge is -2.14. The number of benzene rings is 3. The van der Waals surface area contributed by atoms with Crippen molar-refractivity contribution < 1.29 is 19.1 Å². The van der Waals surface area contributed by atoms with E-state index in [1.807, 2.05) is 18.2 Å². The van der Waals surface area contributed by atoms with Crippen molar-refractivity contribution in [1.29, 1.82) is 0 Å². The van der Waals surface area contributed by atoms with Crippen molar-refractivity contribution in [2.75, 3.05) is 7.11 Å². The molecule has 3 aromatic carbocycles. The van der Waals surface area contributed by atoms with Gasteiger partial charge in [-0.2, -0.15) is 0 Å². The molecule has 0 atom stereocenters. The minimum atomic E-state index is -0.413. The van der Waals surface area contributed by atoms with E-state index in [-0.39, 0.29) is 18.4 Å². The Morgan fingerprint density at radius 2 is 1.62 bits per heavy atom. The fourth-order valence-corrected chi connectivity index (χ4v) is 4.84. The normalized spacial score (nSPS) is 14.7. The molecule has 1 heterocycles. The average molecular weight is 535 g/mol. The summed E-state index contributed by atoms with van der Waals surface area (Å²) in [6.45, 7) is 0.275. The van der Waals surface area contributed by atoms with Gasteiger partial charge in [0.05, 0.1) is 18.6 Å². The Hall–Kier alpha value is -2.64. The lowest BCUT2D eigenvalue weighted by molar-refractivity contribution is -0.123. The van der Waals surface area contributed by atoms with Crippen LogP contribution in [0.1, 0.15) is 16.7 Å².